The Morgan fingerprint density at radius 3 is 2.27 bits per heavy atom. The van der Waals surface area contributed by atoms with Crippen molar-refractivity contribution < 1.29 is 24.3 Å². The molecule has 0 spiro atoms. The first kappa shape index (κ1) is 32.6. The molecular weight excluding hydrogens is 562 g/mol. The van der Waals surface area contributed by atoms with Crippen molar-refractivity contribution in [1.29, 1.82) is 0 Å². The molecule has 6 N–H and O–H groups in total. The van der Waals surface area contributed by atoms with Crippen LogP contribution in [0, 0.1) is 12.8 Å². The normalized spacial score (nSPS) is 18.9. The van der Waals surface area contributed by atoms with Gasteiger partial charge >= 0.3 is 12.0 Å². The first-order valence-corrected chi connectivity index (χ1v) is 15.4. The highest BCUT2D eigenvalue weighted by Crippen LogP contribution is 2.24. The lowest BCUT2D eigenvalue weighted by atomic mass is 9.97. The highest BCUT2D eigenvalue weighted by molar-refractivity contribution is 5.94. The van der Waals surface area contributed by atoms with Gasteiger partial charge in [0.1, 0.15) is 18.1 Å². The summed E-state index contributed by atoms with van der Waals surface area (Å²) in [5.41, 5.74) is 3.11. The second-order valence-corrected chi connectivity index (χ2v) is 12.4. The number of nitrogens with zero attached hydrogens (tertiary/aromatic N) is 2. The Kier molecular flexibility index (Phi) is 10.7. The summed E-state index contributed by atoms with van der Waals surface area (Å²) in [5.74, 6) is -2.27. The third-order valence-electron chi connectivity index (χ3n) is 8.41. The van der Waals surface area contributed by atoms with Crippen molar-refractivity contribution in [1.82, 2.24) is 35.8 Å². The lowest BCUT2D eigenvalue weighted by molar-refractivity contribution is -0.142. The number of aryl methyl sites for hydroxylation is 1. The smallest absolute Gasteiger partial charge is 0.326 e. The van der Waals surface area contributed by atoms with E-state index in [1.807, 2.05) is 58.9 Å². The molecule has 0 aliphatic carbocycles. The molecule has 12 nitrogen and oxygen atoms in total. The van der Waals surface area contributed by atoms with E-state index < -0.39 is 35.9 Å². The van der Waals surface area contributed by atoms with Gasteiger partial charge in [-0.15, -0.1) is 0 Å². The lowest BCUT2D eigenvalue weighted by Gasteiger charge is -2.39. The van der Waals surface area contributed by atoms with Gasteiger partial charge in [0.15, 0.2) is 0 Å². The molecule has 238 valence electrons. The molecule has 0 bridgehead atoms. The number of carbonyl (C=O) groups is 4. The zero-order valence-electron chi connectivity index (χ0n) is 26.1. The maximum absolute atomic E-state index is 13.9. The van der Waals surface area contributed by atoms with E-state index in [-0.39, 0.29) is 36.9 Å². The molecule has 2 aromatic heterocycles. The van der Waals surface area contributed by atoms with Crippen LogP contribution in [-0.4, -0.2) is 79.0 Å². The number of imidazole rings is 1. The molecule has 0 radical (unpaired) electrons. The molecule has 1 aromatic carbocycles. The van der Waals surface area contributed by atoms with Crippen LogP contribution < -0.4 is 16.0 Å². The van der Waals surface area contributed by atoms with Crippen LogP contribution in [0.2, 0.25) is 0 Å². The Hall–Kier alpha value is -4.35. The third kappa shape index (κ3) is 7.97. The fourth-order valence-corrected chi connectivity index (χ4v) is 6.12. The molecule has 1 aliphatic rings. The van der Waals surface area contributed by atoms with Crippen molar-refractivity contribution in [3.63, 3.8) is 0 Å². The van der Waals surface area contributed by atoms with E-state index in [0.29, 0.717) is 12.1 Å². The number of hydrogen-bond acceptors (Lipinski definition) is 5. The molecular formula is C32H45N7O5. The van der Waals surface area contributed by atoms with Gasteiger partial charge < -0.3 is 35.9 Å². The average molecular weight is 608 g/mol. The zero-order chi connectivity index (χ0) is 32.0. The molecule has 44 heavy (non-hydrogen) atoms. The molecule has 0 saturated carbocycles. The van der Waals surface area contributed by atoms with Gasteiger partial charge in [0.25, 0.3) is 0 Å². The highest BCUT2D eigenvalue weighted by Gasteiger charge is 2.34. The van der Waals surface area contributed by atoms with E-state index in [9.17, 15) is 24.3 Å². The standard InChI is InChI=1S/C32H45N7O5/c1-18(2)13-26(38-32(44)39-19(3)9-8-10-20(39)4)29(40)36-27(15-24-21(5)35-25-12-7-6-11-23(24)25)30(41)37-28(31(42)43)14-22-16-33-17-34-22/h6-7,11-12,16-20,26-28,35H,8-10,13-15H2,1-5H3,(H,33,34)(H,36,40)(H,37,41)(H,38,44)(H,42,43)/t19-,20+,26-,27+,28+/m0/s1. The van der Waals surface area contributed by atoms with Gasteiger partial charge in [-0.2, -0.15) is 0 Å². The Morgan fingerprint density at radius 1 is 0.977 bits per heavy atom. The number of carboxylic acid groups (broad SMARTS) is 1. The third-order valence-corrected chi connectivity index (χ3v) is 8.41. The summed E-state index contributed by atoms with van der Waals surface area (Å²) in [6.45, 7) is 9.85. The predicted molar refractivity (Wildman–Crippen MR) is 167 cm³/mol. The average Bonchev–Trinajstić information content (AvgIpc) is 3.58. The van der Waals surface area contributed by atoms with Crippen LogP contribution in [0.25, 0.3) is 10.9 Å². The van der Waals surface area contributed by atoms with E-state index in [0.717, 1.165) is 41.4 Å². The number of fused-ring (bicyclic) bond motifs is 1. The van der Waals surface area contributed by atoms with Crippen LogP contribution >= 0.6 is 0 Å². The van der Waals surface area contributed by atoms with E-state index in [1.54, 1.807) is 4.90 Å². The summed E-state index contributed by atoms with van der Waals surface area (Å²) in [7, 11) is 0. The van der Waals surface area contributed by atoms with Gasteiger partial charge in [-0.05, 0) is 64.0 Å². The van der Waals surface area contributed by atoms with E-state index in [2.05, 4.69) is 30.9 Å². The minimum Gasteiger partial charge on any atom is -0.480 e. The SMILES string of the molecule is Cc1[nH]c2ccccc2c1C[C@@H](NC(=O)[C@H](CC(C)C)NC(=O)N1[C@H](C)CCC[C@@H]1C)C(=O)N[C@H](Cc1cnc[nH]1)C(=O)O. The first-order chi connectivity index (χ1) is 20.9. The van der Waals surface area contributed by atoms with Gasteiger partial charge in [-0.3, -0.25) is 9.59 Å². The summed E-state index contributed by atoms with van der Waals surface area (Å²) >= 11 is 0. The fourth-order valence-electron chi connectivity index (χ4n) is 6.12. The van der Waals surface area contributed by atoms with E-state index in [4.69, 9.17) is 0 Å². The number of aliphatic carboxylic acids is 1. The van der Waals surface area contributed by atoms with Gasteiger partial charge in [0.2, 0.25) is 11.8 Å². The number of likely N-dealkylation sites (tertiary alicyclic amines) is 1. The maximum atomic E-state index is 13.9. The van der Waals surface area contributed by atoms with Gasteiger partial charge in [-0.1, -0.05) is 32.0 Å². The van der Waals surface area contributed by atoms with Crippen molar-refractivity contribution in [2.45, 2.75) is 103 Å². The number of carbonyl (C=O) groups excluding carboxylic acids is 3. The second kappa shape index (κ2) is 14.4. The second-order valence-electron chi connectivity index (χ2n) is 12.4. The Labute approximate surface area is 257 Å². The summed E-state index contributed by atoms with van der Waals surface area (Å²) in [4.78, 5) is 65.1. The quantitative estimate of drug-likeness (QED) is 0.184. The summed E-state index contributed by atoms with van der Waals surface area (Å²) < 4.78 is 0. The Morgan fingerprint density at radius 2 is 1.64 bits per heavy atom. The minimum absolute atomic E-state index is 0.00785. The molecule has 0 unspecified atom stereocenters. The van der Waals surface area contributed by atoms with Crippen molar-refractivity contribution in [2.75, 3.05) is 0 Å². The van der Waals surface area contributed by atoms with Gasteiger partial charge in [-0.25, -0.2) is 14.6 Å². The number of benzene rings is 1. The molecule has 3 heterocycles. The van der Waals surface area contributed by atoms with Crippen LogP contribution in [0.5, 0.6) is 0 Å². The molecule has 5 atom stereocenters. The number of hydrogen-bond donors (Lipinski definition) is 6. The molecule has 12 heteroatoms. The summed E-state index contributed by atoms with van der Waals surface area (Å²) in [6.07, 6.45) is 6.25. The predicted octanol–water partition coefficient (Wildman–Crippen LogP) is 3.43. The first-order valence-electron chi connectivity index (χ1n) is 15.4. The number of para-hydroxylation sites is 1. The van der Waals surface area contributed by atoms with E-state index in [1.165, 1.54) is 12.5 Å². The lowest BCUT2D eigenvalue weighted by Crippen LogP contribution is -2.59. The molecule has 1 fully saturated rings. The number of amides is 4. The number of piperidine rings is 1. The largest absolute Gasteiger partial charge is 0.480 e. The minimum atomic E-state index is -1.25. The van der Waals surface area contributed by atoms with Crippen molar-refractivity contribution in [2.24, 2.45) is 5.92 Å². The molecule has 3 aromatic rings. The number of aromatic nitrogens is 3. The fraction of sp³-hybridized carbons (Fsp3) is 0.531. The number of H-pyrrole nitrogens is 2. The number of aromatic amines is 2. The highest BCUT2D eigenvalue weighted by atomic mass is 16.4. The van der Waals surface area contributed by atoms with E-state index >= 15 is 0 Å². The molecule has 1 aliphatic heterocycles. The number of carboxylic acids is 1. The van der Waals surface area contributed by atoms with Crippen LogP contribution in [0.4, 0.5) is 4.79 Å². The van der Waals surface area contributed by atoms with Gasteiger partial charge in [0.05, 0.1) is 6.33 Å². The topological polar surface area (TPSA) is 172 Å². The maximum Gasteiger partial charge on any atom is 0.326 e. The number of nitrogens with one attached hydrogen (secondary N) is 5. The zero-order valence-corrected chi connectivity index (χ0v) is 26.1. The molecule has 4 rings (SSSR count). The Balaban J connectivity index is 1.59. The van der Waals surface area contributed by atoms with Crippen molar-refractivity contribution >= 4 is 34.7 Å². The monoisotopic (exact) mass is 607 g/mol. The Bertz CT molecular complexity index is 1440. The number of rotatable bonds is 12. The van der Waals surface area contributed by atoms with Crippen LogP contribution in [0.15, 0.2) is 36.8 Å². The van der Waals surface area contributed by atoms with Crippen molar-refractivity contribution in [3.05, 3.63) is 53.7 Å². The molecule has 4 amide bonds. The summed E-state index contributed by atoms with van der Waals surface area (Å²) in [5, 5.41) is 19.2. The van der Waals surface area contributed by atoms with Crippen LogP contribution in [0.3, 0.4) is 0 Å². The molecule has 1 saturated heterocycles. The van der Waals surface area contributed by atoms with Crippen molar-refractivity contribution in [3.8, 4) is 0 Å². The summed E-state index contributed by atoms with van der Waals surface area (Å²) in [6, 6.07) is 4.22. The van der Waals surface area contributed by atoms with Crippen LogP contribution in [0.1, 0.15) is 70.3 Å². The van der Waals surface area contributed by atoms with Crippen LogP contribution in [-0.2, 0) is 27.2 Å². The van der Waals surface area contributed by atoms with Gasteiger partial charge in [0, 0.05) is 53.4 Å². The number of urea groups is 1.